The van der Waals surface area contributed by atoms with E-state index in [1.807, 2.05) is 45.2 Å². The molecule has 4 rings (SSSR count). The van der Waals surface area contributed by atoms with E-state index in [9.17, 15) is 14.7 Å². The highest BCUT2D eigenvalue weighted by Gasteiger charge is 2.31. The number of hydrogen-bond donors (Lipinski definition) is 2. The van der Waals surface area contributed by atoms with Crippen LogP contribution >= 0.6 is 23.2 Å². The van der Waals surface area contributed by atoms with Gasteiger partial charge in [0.05, 0.1) is 40.5 Å². The number of fused-ring (bicyclic) bond motifs is 1. The number of nitrogens with one attached hydrogen (secondary N) is 1. The van der Waals surface area contributed by atoms with Crippen LogP contribution in [0, 0.1) is 11.8 Å². The lowest BCUT2D eigenvalue weighted by molar-refractivity contribution is -0.120. The van der Waals surface area contributed by atoms with Crippen LogP contribution in [0.3, 0.4) is 0 Å². The van der Waals surface area contributed by atoms with E-state index < -0.39 is 6.04 Å². The van der Waals surface area contributed by atoms with Crippen LogP contribution in [0.1, 0.15) is 88.1 Å². The fourth-order valence-corrected chi connectivity index (χ4v) is 6.71. The van der Waals surface area contributed by atoms with E-state index in [2.05, 4.69) is 17.1 Å². The molecule has 46 heavy (non-hydrogen) atoms. The van der Waals surface area contributed by atoms with Crippen molar-refractivity contribution in [3.63, 3.8) is 0 Å². The summed E-state index contributed by atoms with van der Waals surface area (Å²) < 4.78 is 12.8. The van der Waals surface area contributed by atoms with Crippen molar-refractivity contribution in [1.29, 1.82) is 0 Å². The molecular formula is C36H51Cl2N3O5. The number of carbonyl (C=O) groups is 2. The number of halogens is 2. The number of benzene rings is 2. The SMILES string of the molecule is C[C@@H]1CN([C@H](C)CO)C(=O)c2cc(NC(=O)C3CCCCC3)ccc2O[C@@H](C)CCCCO[C@@H]1CN(C)Cc1ccc(Cl)c(Cl)c1. The Morgan fingerprint density at radius 2 is 1.78 bits per heavy atom. The minimum Gasteiger partial charge on any atom is -0.490 e. The van der Waals surface area contributed by atoms with Gasteiger partial charge in [-0.05, 0) is 88.9 Å². The third-order valence-corrected chi connectivity index (χ3v) is 9.96. The summed E-state index contributed by atoms with van der Waals surface area (Å²) in [5.41, 5.74) is 2.01. The molecule has 1 aliphatic heterocycles. The molecule has 0 saturated heterocycles. The molecular weight excluding hydrogens is 625 g/mol. The van der Waals surface area contributed by atoms with Crippen LogP contribution in [0.5, 0.6) is 5.75 Å². The van der Waals surface area contributed by atoms with Gasteiger partial charge in [0.25, 0.3) is 5.91 Å². The molecule has 1 saturated carbocycles. The Morgan fingerprint density at radius 1 is 1.04 bits per heavy atom. The molecule has 1 aliphatic carbocycles. The van der Waals surface area contributed by atoms with Crippen LogP contribution in [0.15, 0.2) is 36.4 Å². The summed E-state index contributed by atoms with van der Waals surface area (Å²) in [6.45, 7) is 8.04. The van der Waals surface area contributed by atoms with Gasteiger partial charge in [-0.3, -0.25) is 14.5 Å². The highest BCUT2D eigenvalue weighted by Crippen LogP contribution is 2.30. The van der Waals surface area contributed by atoms with Crippen LogP contribution in [0.4, 0.5) is 5.69 Å². The molecule has 2 aromatic carbocycles. The fraction of sp³-hybridized carbons (Fsp3) is 0.611. The van der Waals surface area contributed by atoms with Crippen molar-refractivity contribution in [3.8, 4) is 5.75 Å². The van der Waals surface area contributed by atoms with Crippen LogP contribution in [-0.2, 0) is 16.1 Å². The van der Waals surface area contributed by atoms with Gasteiger partial charge in [0.15, 0.2) is 0 Å². The van der Waals surface area contributed by atoms with Crippen molar-refractivity contribution >= 4 is 40.7 Å². The van der Waals surface area contributed by atoms with Gasteiger partial charge < -0.3 is 24.8 Å². The number of amides is 2. The topological polar surface area (TPSA) is 91.3 Å². The Morgan fingerprint density at radius 3 is 2.50 bits per heavy atom. The molecule has 1 fully saturated rings. The molecule has 0 radical (unpaired) electrons. The fourth-order valence-electron chi connectivity index (χ4n) is 6.39. The molecule has 4 atom stereocenters. The lowest BCUT2D eigenvalue weighted by Gasteiger charge is -2.36. The number of likely N-dealkylation sites (N-methyl/N-ethyl adjacent to an activating group) is 1. The summed E-state index contributed by atoms with van der Waals surface area (Å²) in [7, 11) is 2.04. The Hall–Kier alpha value is -2.36. The maximum absolute atomic E-state index is 14.4. The number of carbonyl (C=O) groups excluding carboxylic acids is 2. The largest absolute Gasteiger partial charge is 0.490 e. The van der Waals surface area contributed by atoms with Crippen LogP contribution < -0.4 is 10.1 Å². The third-order valence-electron chi connectivity index (χ3n) is 9.22. The predicted octanol–water partition coefficient (Wildman–Crippen LogP) is 7.44. The first-order chi connectivity index (χ1) is 22.0. The van der Waals surface area contributed by atoms with Gasteiger partial charge in [-0.1, -0.05) is 55.5 Å². The molecule has 2 aliphatic rings. The minimum atomic E-state index is -0.441. The zero-order valence-corrected chi connectivity index (χ0v) is 29.3. The molecule has 0 aromatic heterocycles. The van der Waals surface area contributed by atoms with Crippen molar-refractivity contribution in [2.45, 2.75) is 96.9 Å². The van der Waals surface area contributed by atoms with Crippen molar-refractivity contribution in [1.82, 2.24) is 9.80 Å². The van der Waals surface area contributed by atoms with Gasteiger partial charge in [0.2, 0.25) is 5.91 Å². The van der Waals surface area contributed by atoms with Gasteiger partial charge in [-0.15, -0.1) is 0 Å². The first kappa shape index (κ1) is 36.5. The molecule has 2 N–H and O–H groups in total. The summed E-state index contributed by atoms with van der Waals surface area (Å²) in [6.07, 6.45) is 7.43. The number of hydrogen-bond acceptors (Lipinski definition) is 6. The number of rotatable bonds is 8. The second-order valence-electron chi connectivity index (χ2n) is 13.3. The number of aliphatic hydroxyl groups is 1. The monoisotopic (exact) mass is 675 g/mol. The Labute approximate surface area is 284 Å². The van der Waals surface area contributed by atoms with E-state index in [1.54, 1.807) is 17.0 Å². The average molecular weight is 677 g/mol. The van der Waals surface area contributed by atoms with Crippen molar-refractivity contribution in [2.24, 2.45) is 11.8 Å². The van der Waals surface area contributed by atoms with E-state index in [1.165, 1.54) is 6.42 Å². The number of aliphatic hydroxyl groups excluding tert-OH is 1. The summed E-state index contributed by atoms with van der Waals surface area (Å²) in [6, 6.07) is 10.6. The summed E-state index contributed by atoms with van der Waals surface area (Å²) in [4.78, 5) is 31.4. The average Bonchev–Trinajstić information content (AvgIpc) is 3.04. The van der Waals surface area contributed by atoms with Gasteiger partial charge in [0, 0.05) is 43.8 Å². The normalized spacial score (nSPS) is 22.9. The first-order valence-corrected chi connectivity index (χ1v) is 17.6. The smallest absolute Gasteiger partial charge is 0.258 e. The molecule has 2 aromatic rings. The summed E-state index contributed by atoms with van der Waals surface area (Å²) in [5, 5.41) is 14.4. The molecule has 8 nitrogen and oxygen atoms in total. The Bertz CT molecular complexity index is 1300. The zero-order valence-electron chi connectivity index (χ0n) is 27.8. The maximum atomic E-state index is 14.4. The Kier molecular flexibility index (Phi) is 14.0. The Balaban J connectivity index is 1.58. The van der Waals surface area contributed by atoms with E-state index in [4.69, 9.17) is 32.7 Å². The van der Waals surface area contributed by atoms with Crippen molar-refractivity contribution in [3.05, 3.63) is 57.6 Å². The predicted molar refractivity (Wildman–Crippen MR) is 185 cm³/mol. The summed E-state index contributed by atoms with van der Waals surface area (Å²) >= 11 is 12.4. The van der Waals surface area contributed by atoms with Gasteiger partial charge >= 0.3 is 0 Å². The highest BCUT2D eigenvalue weighted by atomic mass is 35.5. The highest BCUT2D eigenvalue weighted by molar-refractivity contribution is 6.42. The van der Waals surface area contributed by atoms with E-state index in [0.717, 1.165) is 50.5 Å². The second kappa shape index (κ2) is 17.7. The first-order valence-electron chi connectivity index (χ1n) is 16.8. The molecule has 0 unspecified atom stereocenters. The van der Waals surface area contributed by atoms with Crippen molar-refractivity contribution in [2.75, 3.05) is 38.7 Å². The maximum Gasteiger partial charge on any atom is 0.258 e. The molecule has 2 amide bonds. The summed E-state index contributed by atoms with van der Waals surface area (Å²) in [5.74, 6) is 0.190. The number of nitrogens with zero attached hydrogens (tertiary/aromatic N) is 2. The lowest BCUT2D eigenvalue weighted by Crippen LogP contribution is -2.47. The van der Waals surface area contributed by atoms with Crippen LogP contribution in [0.2, 0.25) is 10.0 Å². The lowest BCUT2D eigenvalue weighted by atomic mass is 9.88. The van der Waals surface area contributed by atoms with Crippen molar-refractivity contribution < 1.29 is 24.2 Å². The second-order valence-corrected chi connectivity index (χ2v) is 14.1. The molecule has 0 bridgehead atoms. The minimum absolute atomic E-state index is 0.00136. The molecule has 1 heterocycles. The molecule has 0 spiro atoms. The van der Waals surface area contributed by atoms with Gasteiger partial charge in [-0.2, -0.15) is 0 Å². The van der Waals surface area contributed by atoms with Gasteiger partial charge in [0.1, 0.15) is 5.75 Å². The van der Waals surface area contributed by atoms with Gasteiger partial charge in [-0.25, -0.2) is 0 Å². The van der Waals surface area contributed by atoms with Crippen LogP contribution in [-0.4, -0.2) is 78.3 Å². The van der Waals surface area contributed by atoms with E-state index >= 15 is 0 Å². The van der Waals surface area contributed by atoms with E-state index in [-0.39, 0.29) is 42.5 Å². The number of ether oxygens (including phenoxy) is 2. The molecule has 10 heteroatoms. The quantitative estimate of drug-likeness (QED) is 0.302. The standard InChI is InChI=1S/C36H51Cl2N3O5/c1-24-20-41(25(2)23-42)36(44)30-19-29(39-35(43)28-11-6-5-7-12-28)14-16-33(30)46-26(3)10-8-9-17-45-34(24)22-40(4)21-27-13-15-31(37)32(38)18-27/h13-16,18-19,24-26,28,34,42H,5-12,17,20-23H2,1-4H3,(H,39,43)/t24-,25-,26+,34-/m1/s1. The van der Waals surface area contributed by atoms with E-state index in [0.29, 0.717) is 53.3 Å². The molecule has 254 valence electrons. The number of anilines is 1. The van der Waals surface area contributed by atoms with Crippen LogP contribution in [0.25, 0.3) is 0 Å². The third kappa shape index (κ3) is 10.3. The zero-order chi connectivity index (χ0) is 33.2.